The van der Waals surface area contributed by atoms with E-state index in [2.05, 4.69) is 17.5 Å². The summed E-state index contributed by atoms with van der Waals surface area (Å²) < 4.78 is 10.7. The van der Waals surface area contributed by atoms with Gasteiger partial charge in [-0.2, -0.15) is 0 Å². The first kappa shape index (κ1) is 14.4. The Morgan fingerprint density at radius 1 is 1.35 bits per heavy atom. The molecule has 0 spiro atoms. The highest BCUT2D eigenvalue weighted by molar-refractivity contribution is 5.93. The van der Waals surface area contributed by atoms with Crippen molar-refractivity contribution in [1.82, 2.24) is 0 Å². The predicted octanol–water partition coefficient (Wildman–Crippen LogP) is 3.39. The fraction of sp³-hybridized carbons (Fsp3) is 0.438. The summed E-state index contributed by atoms with van der Waals surface area (Å²) in [5, 5.41) is 2.95. The molecule has 1 atom stereocenters. The van der Waals surface area contributed by atoms with Gasteiger partial charge in [-0.3, -0.25) is 4.79 Å². The molecule has 2 rings (SSSR count). The largest absolute Gasteiger partial charge is 0.493 e. The Morgan fingerprint density at radius 2 is 2.20 bits per heavy atom. The normalized spacial score (nSPS) is 17.6. The summed E-state index contributed by atoms with van der Waals surface area (Å²) in [6, 6.07) is 5.45. The summed E-state index contributed by atoms with van der Waals surface area (Å²) in [7, 11) is 1.59. The average Bonchev–Trinajstić information content (AvgIpc) is 2.50. The second-order valence-electron chi connectivity index (χ2n) is 4.77. The van der Waals surface area contributed by atoms with Gasteiger partial charge in [0.15, 0.2) is 11.5 Å². The molecule has 1 amide bonds. The molecule has 1 N–H and O–H groups in total. The molecular weight excluding hydrogens is 254 g/mol. The van der Waals surface area contributed by atoms with Gasteiger partial charge in [0.05, 0.1) is 13.7 Å². The van der Waals surface area contributed by atoms with Crippen LogP contribution < -0.4 is 14.8 Å². The van der Waals surface area contributed by atoms with Gasteiger partial charge >= 0.3 is 0 Å². The van der Waals surface area contributed by atoms with Crippen molar-refractivity contribution in [1.29, 1.82) is 0 Å². The molecule has 0 heterocycles. The molecule has 0 saturated heterocycles. The fourth-order valence-corrected chi connectivity index (χ4v) is 2.30. The highest BCUT2D eigenvalue weighted by Gasteiger charge is 2.19. The van der Waals surface area contributed by atoms with Gasteiger partial charge < -0.3 is 14.8 Å². The van der Waals surface area contributed by atoms with Crippen LogP contribution in [-0.2, 0) is 4.79 Å². The van der Waals surface area contributed by atoms with Crippen LogP contribution in [0.4, 0.5) is 5.69 Å². The maximum absolute atomic E-state index is 12.2. The minimum Gasteiger partial charge on any atom is -0.493 e. The summed E-state index contributed by atoms with van der Waals surface area (Å²) >= 11 is 0. The van der Waals surface area contributed by atoms with E-state index < -0.39 is 0 Å². The van der Waals surface area contributed by atoms with Gasteiger partial charge in [-0.05, 0) is 38.3 Å². The first-order valence-corrected chi connectivity index (χ1v) is 7.01. The molecule has 1 aliphatic carbocycles. The van der Waals surface area contributed by atoms with Crippen LogP contribution in [0.1, 0.15) is 26.2 Å². The van der Waals surface area contributed by atoms with Crippen LogP contribution in [0.15, 0.2) is 30.4 Å². The van der Waals surface area contributed by atoms with Crippen molar-refractivity contribution >= 4 is 11.6 Å². The SMILES string of the molecule is CCOc1ccc(NC(=O)[C@@H]2CC=CCC2)cc1OC. The molecule has 1 aliphatic rings. The van der Waals surface area contributed by atoms with Gasteiger partial charge in [-0.15, -0.1) is 0 Å². The number of hydrogen-bond acceptors (Lipinski definition) is 3. The molecule has 20 heavy (non-hydrogen) atoms. The molecule has 0 bridgehead atoms. The molecule has 4 heteroatoms. The van der Waals surface area contributed by atoms with E-state index in [0.29, 0.717) is 18.1 Å². The quantitative estimate of drug-likeness (QED) is 0.838. The Hall–Kier alpha value is -1.97. The minimum absolute atomic E-state index is 0.0672. The highest BCUT2D eigenvalue weighted by Crippen LogP contribution is 2.30. The van der Waals surface area contributed by atoms with Crippen LogP contribution in [0.3, 0.4) is 0 Å². The molecule has 0 unspecified atom stereocenters. The molecule has 0 aliphatic heterocycles. The van der Waals surface area contributed by atoms with Crippen molar-refractivity contribution < 1.29 is 14.3 Å². The van der Waals surface area contributed by atoms with Crippen molar-refractivity contribution in [3.63, 3.8) is 0 Å². The minimum atomic E-state index is 0.0672. The number of hydrogen-bond donors (Lipinski definition) is 1. The molecule has 0 saturated carbocycles. The zero-order valence-corrected chi connectivity index (χ0v) is 12.0. The lowest BCUT2D eigenvalue weighted by atomic mass is 9.93. The van der Waals surface area contributed by atoms with Crippen LogP contribution in [0.5, 0.6) is 11.5 Å². The lowest BCUT2D eigenvalue weighted by Crippen LogP contribution is -2.23. The number of anilines is 1. The van der Waals surface area contributed by atoms with Crippen molar-refractivity contribution in [2.75, 3.05) is 19.0 Å². The van der Waals surface area contributed by atoms with Crippen molar-refractivity contribution in [2.45, 2.75) is 26.2 Å². The summed E-state index contributed by atoms with van der Waals surface area (Å²) in [6.07, 6.45) is 6.91. The maximum atomic E-state index is 12.2. The second kappa shape index (κ2) is 6.98. The molecule has 0 fully saturated rings. The Balaban J connectivity index is 2.05. The molecule has 4 nitrogen and oxygen atoms in total. The van der Waals surface area contributed by atoms with Crippen molar-refractivity contribution in [3.8, 4) is 11.5 Å². The zero-order valence-electron chi connectivity index (χ0n) is 12.0. The van der Waals surface area contributed by atoms with Crippen LogP contribution in [0.25, 0.3) is 0 Å². The highest BCUT2D eigenvalue weighted by atomic mass is 16.5. The van der Waals surface area contributed by atoms with Gasteiger partial charge in [0.25, 0.3) is 0 Å². The third-order valence-electron chi connectivity index (χ3n) is 3.37. The Kier molecular flexibility index (Phi) is 5.04. The monoisotopic (exact) mass is 275 g/mol. The Morgan fingerprint density at radius 3 is 2.85 bits per heavy atom. The Bertz CT molecular complexity index is 496. The van der Waals surface area contributed by atoms with E-state index in [9.17, 15) is 4.79 Å². The molecular formula is C16H21NO3. The number of carbonyl (C=O) groups excluding carboxylic acids is 1. The van der Waals surface area contributed by atoms with Gasteiger partial charge in [0.2, 0.25) is 5.91 Å². The number of methoxy groups -OCH3 is 1. The van der Waals surface area contributed by atoms with E-state index >= 15 is 0 Å². The topological polar surface area (TPSA) is 47.6 Å². The van der Waals surface area contributed by atoms with Gasteiger partial charge in [0.1, 0.15) is 0 Å². The number of carbonyl (C=O) groups is 1. The number of amides is 1. The molecule has 1 aromatic rings. The molecule has 108 valence electrons. The maximum Gasteiger partial charge on any atom is 0.227 e. The smallest absolute Gasteiger partial charge is 0.227 e. The number of rotatable bonds is 5. The molecule has 0 aromatic heterocycles. The van der Waals surface area contributed by atoms with E-state index in [1.165, 1.54) is 0 Å². The van der Waals surface area contributed by atoms with Crippen molar-refractivity contribution in [2.24, 2.45) is 5.92 Å². The average molecular weight is 275 g/mol. The number of nitrogens with one attached hydrogen (secondary N) is 1. The van der Waals surface area contributed by atoms with E-state index in [1.54, 1.807) is 13.2 Å². The van der Waals surface area contributed by atoms with E-state index in [1.807, 2.05) is 19.1 Å². The summed E-state index contributed by atoms with van der Waals surface area (Å²) in [6.45, 7) is 2.50. The van der Waals surface area contributed by atoms with Gasteiger partial charge in [-0.25, -0.2) is 0 Å². The van der Waals surface area contributed by atoms with E-state index in [0.717, 1.165) is 24.9 Å². The lowest BCUT2D eigenvalue weighted by Gasteiger charge is -2.18. The first-order chi connectivity index (χ1) is 9.74. The lowest BCUT2D eigenvalue weighted by molar-refractivity contribution is -0.120. The summed E-state index contributed by atoms with van der Waals surface area (Å²) in [5.41, 5.74) is 0.741. The fourth-order valence-electron chi connectivity index (χ4n) is 2.30. The van der Waals surface area contributed by atoms with Crippen LogP contribution in [0.2, 0.25) is 0 Å². The molecule has 1 aromatic carbocycles. The summed E-state index contributed by atoms with van der Waals surface area (Å²) in [5.74, 6) is 1.46. The first-order valence-electron chi connectivity index (χ1n) is 7.01. The number of benzene rings is 1. The number of ether oxygens (including phenoxy) is 2. The summed E-state index contributed by atoms with van der Waals surface area (Å²) in [4.78, 5) is 12.2. The van der Waals surface area contributed by atoms with Gasteiger partial charge in [-0.1, -0.05) is 12.2 Å². The van der Waals surface area contributed by atoms with Gasteiger partial charge in [0, 0.05) is 17.7 Å². The van der Waals surface area contributed by atoms with E-state index in [-0.39, 0.29) is 11.8 Å². The zero-order chi connectivity index (χ0) is 14.4. The third kappa shape index (κ3) is 3.53. The third-order valence-corrected chi connectivity index (χ3v) is 3.37. The van der Waals surface area contributed by atoms with Crippen LogP contribution in [0, 0.1) is 5.92 Å². The standard InChI is InChI=1S/C16H21NO3/c1-3-20-14-10-9-13(11-15(14)19-2)17-16(18)12-7-5-4-6-8-12/h4-5,9-12H,3,6-8H2,1-2H3,(H,17,18)/t12-/m1/s1. The second-order valence-corrected chi connectivity index (χ2v) is 4.77. The van der Waals surface area contributed by atoms with E-state index in [4.69, 9.17) is 9.47 Å². The van der Waals surface area contributed by atoms with Crippen molar-refractivity contribution in [3.05, 3.63) is 30.4 Å². The molecule has 0 radical (unpaired) electrons. The predicted molar refractivity (Wildman–Crippen MR) is 79.3 cm³/mol. The Labute approximate surface area is 119 Å². The van der Waals surface area contributed by atoms with Crippen LogP contribution in [-0.4, -0.2) is 19.6 Å². The number of allylic oxidation sites excluding steroid dienone is 2. The van der Waals surface area contributed by atoms with Crippen LogP contribution >= 0.6 is 0 Å².